The Morgan fingerprint density at radius 2 is 2.11 bits per heavy atom. The van der Waals surface area contributed by atoms with Gasteiger partial charge in [0.05, 0.1) is 0 Å². The first-order chi connectivity index (χ1) is 8.74. The largest absolute Gasteiger partial charge is 0.361 e. The third kappa shape index (κ3) is 2.16. The molecule has 1 aromatic heterocycles. The summed E-state index contributed by atoms with van der Waals surface area (Å²) in [6, 6.07) is 1.73. The van der Waals surface area contributed by atoms with Gasteiger partial charge in [-0.3, -0.25) is 4.79 Å². The molecule has 0 radical (unpaired) electrons. The minimum Gasteiger partial charge on any atom is -0.361 e. The molecular weight excluding hydrogens is 228 g/mol. The van der Waals surface area contributed by atoms with Crippen molar-refractivity contribution in [2.45, 2.75) is 39.0 Å². The second-order valence-corrected chi connectivity index (χ2v) is 5.67. The van der Waals surface area contributed by atoms with E-state index in [1.54, 1.807) is 6.07 Å². The summed E-state index contributed by atoms with van der Waals surface area (Å²) < 4.78 is 4.99. The number of piperidine rings is 1. The predicted molar refractivity (Wildman–Crippen MR) is 67.2 cm³/mol. The monoisotopic (exact) mass is 248 g/mol. The van der Waals surface area contributed by atoms with Crippen LogP contribution in [0.3, 0.4) is 0 Å². The maximum absolute atomic E-state index is 12.3. The minimum absolute atomic E-state index is 0.0378. The molecule has 98 valence electrons. The third-order valence-electron chi connectivity index (χ3n) is 4.43. The van der Waals surface area contributed by atoms with Crippen LogP contribution in [0.2, 0.25) is 0 Å². The molecule has 1 saturated heterocycles. The van der Waals surface area contributed by atoms with E-state index in [0.717, 1.165) is 25.4 Å². The molecular formula is C14H20N2O2. The molecule has 0 bridgehead atoms. The van der Waals surface area contributed by atoms with Crippen molar-refractivity contribution in [2.24, 2.45) is 11.8 Å². The molecule has 1 aliphatic heterocycles. The van der Waals surface area contributed by atoms with E-state index < -0.39 is 0 Å². The van der Waals surface area contributed by atoms with E-state index in [1.807, 2.05) is 11.8 Å². The number of fused-ring (bicyclic) bond motifs is 1. The van der Waals surface area contributed by atoms with Crippen molar-refractivity contribution in [3.8, 4) is 0 Å². The lowest BCUT2D eigenvalue weighted by molar-refractivity contribution is 0.0511. The number of aryl methyl sites for hydroxylation is 1. The van der Waals surface area contributed by atoms with Crippen LogP contribution in [0, 0.1) is 18.8 Å². The lowest BCUT2D eigenvalue weighted by Gasteiger charge is -2.41. The fraction of sp³-hybridized carbons (Fsp3) is 0.714. The second-order valence-electron chi connectivity index (χ2n) is 5.67. The van der Waals surface area contributed by atoms with E-state index in [1.165, 1.54) is 25.7 Å². The molecule has 0 aromatic carbocycles. The minimum atomic E-state index is 0.0378. The number of carbonyl (C=O) groups is 1. The smallest absolute Gasteiger partial charge is 0.276 e. The molecule has 18 heavy (non-hydrogen) atoms. The van der Waals surface area contributed by atoms with Gasteiger partial charge in [0.2, 0.25) is 0 Å². The van der Waals surface area contributed by atoms with Crippen LogP contribution in [0.15, 0.2) is 10.6 Å². The normalized spacial score (nSPS) is 27.9. The van der Waals surface area contributed by atoms with E-state index in [4.69, 9.17) is 4.52 Å². The molecule has 1 saturated carbocycles. The summed E-state index contributed by atoms with van der Waals surface area (Å²) in [6.07, 6.45) is 6.50. The van der Waals surface area contributed by atoms with Gasteiger partial charge in [-0.15, -0.1) is 0 Å². The molecule has 4 nitrogen and oxygen atoms in total. The number of carbonyl (C=O) groups excluding carboxylic acids is 1. The fourth-order valence-electron chi connectivity index (χ4n) is 3.41. The summed E-state index contributed by atoms with van der Waals surface area (Å²) in [5, 5.41) is 3.83. The average molecular weight is 248 g/mol. The number of nitrogens with zero attached hydrogens (tertiary/aromatic N) is 2. The van der Waals surface area contributed by atoms with Crippen LogP contribution in [-0.4, -0.2) is 29.1 Å². The molecule has 2 aliphatic rings. The zero-order chi connectivity index (χ0) is 12.5. The molecule has 2 fully saturated rings. The van der Waals surface area contributed by atoms with Crippen LogP contribution < -0.4 is 0 Å². The predicted octanol–water partition coefficient (Wildman–Crippen LogP) is 2.64. The Bertz CT molecular complexity index is 441. The van der Waals surface area contributed by atoms with Gasteiger partial charge < -0.3 is 9.42 Å². The highest BCUT2D eigenvalue weighted by atomic mass is 16.5. The SMILES string of the molecule is Cc1cc(C(=O)N2CC[C@H]3CCCC[C@@H]3C2)no1. The van der Waals surface area contributed by atoms with Crippen molar-refractivity contribution in [1.29, 1.82) is 0 Å². The Balaban J connectivity index is 1.68. The fourth-order valence-corrected chi connectivity index (χ4v) is 3.41. The van der Waals surface area contributed by atoms with Gasteiger partial charge in [0, 0.05) is 19.2 Å². The number of hydrogen-bond donors (Lipinski definition) is 0. The van der Waals surface area contributed by atoms with Crippen LogP contribution in [-0.2, 0) is 0 Å². The maximum Gasteiger partial charge on any atom is 0.276 e. The van der Waals surface area contributed by atoms with E-state index >= 15 is 0 Å². The number of hydrogen-bond acceptors (Lipinski definition) is 3. The molecule has 1 aliphatic carbocycles. The number of aromatic nitrogens is 1. The van der Waals surface area contributed by atoms with Gasteiger partial charge in [-0.05, 0) is 31.6 Å². The van der Waals surface area contributed by atoms with Gasteiger partial charge in [-0.2, -0.15) is 0 Å². The quantitative estimate of drug-likeness (QED) is 0.767. The zero-order valence-electron chi connectivity index (χ0n) is 10.9. The maximum atomic E-state index is 12.3. The van der Waals surface area contributed by atoms with Crippen LogP contribution in [0.4, 0.5) is 0 Å². The van der Waals surface area contributed by atoms with Crippen molar-refractivity contribution in [2.75, 3.05) is 13.1 Å². The summed E-state index contributed by atoms with van der Waals surface area (Å²) >= 11 is 0. The standard InChI is InChI=1S/C14H20N2O2/c1-10-8-13(15-18-10)14(17)16-7-6-11-4-2-3-5-12(11)9-16/h8,11-12H,2-7,9H2,1H3/t11-,12-/m1/s1. The number of rotatable bonds is 1. The van der Waals surface area contributed by atoms with Crippen LogP contribution in [0.1, 0.15) is 48.4 Å². The molecule has 0 unspecified atom stereocenters. The van der Waals surface area contributed by atoms with E-state index in [9.17, 15) is 4.79 Å². The number of amides is 1. The topological polar surface area (TPSA) is 46.3 Å². The van der Waals surface area contributed by atoms with Gasteiger partial charge in [0.1, 0.15) is 5.76 Å². The molecule has 1 amide bonds. The zero-order valence-corrected chi connectivity index (χ0v) is 10.9. The second kappa shape index (κ2) is 4.75. The van der Waals surface area contributed by atoms with Crippen molar-refractivity contribution in [3.05, 3.63) is 17.5 Å². The van der Waals surface area contributed by atoms with Gasteiger partial charge >= 0.3 is 0 Å². The van der Waals surface area contributed by atoms with Crippen molar-refractivity contribution >= 4 is 5.91 Å². The summed E-state index contributed by atoms with van der Waals surface area (Å²) in [4.78, 5) is 14.3. The highest BCUT2D eigenvalue weighted by Crippen LogP contribution is 2.36. The molecule has 2 heterocycles. The van der Waals surface area contributed by atoms with E-state index in [-0.39, 0.29) is 5.91 Å². The van der Waals surface area contributed by atoms with Crippen LogP contribution >= 0.6 is 0 Å². The lowest BCUT2D eigenvalue weighted by atomic mass is 9.75. The third-order valence-corrected chi connectivity index (χ3v) is 4.43. The Kier molecular flexibility index (Phi) is 3.10. The van der Waals surface area contributed by atoms with Crippen molar-refractivity contribution in [3.63, 3.8) is 0 Å². The van der Waals surface area contributed by atoms with Gasteiger partial charge in [0.25, 0.3) is 5.91 Å². The molecule has 4 heteroatoms. The average Bonchev–Trinajstić information content (AvgIpc) is 2.84. The highest BCUT2D eigenvalue weighted by molar-refractivity contribution is 5.92. The molecule has 2 atom stereocenters. The first-order valence-electron chi connectivity index (χ1n) is 6.96. The van der Waals surface area contributed by atoms with E-state index in [0.29, 0.717) is 17.4 Å². The number of likely N-dealkylation sites (tertiary alicyclic amines) is 1. The Morgan fingerprint density at radius 1 is 1.33 bits per heavy atom. The lowest BCUT2D eigenvalue weighted by Crippen LogP contribution is -2.44. The highest BCUT2D eigenvalue weighted by Gasteiger charge is 2.33. The molecule has 3 rings (SSSR count). The Morgan fingerprint density at radius 3 is 2.83 bits per heavy atom. The summed E-state index contributed by atoms with van der Waals surface area (Å²) in [6.45, 7) is 3.61. The van der Waals surface area contributed by atoms with Gasteiger partial charge in [-0.25, -0.2) is 0 Å². The summed E-state index contributed by atoms with van der Waals surface area (Å²) in [5.74, 6) is 2.30. The van der Waals surface area contributed by atoms with E-state index in [2.05, 4.69) is 5.16 Å². The van der Waals surface area contributed by atoms with Crippen molar-refractivity contribution in [1.82, 2.24) is 10.1 Å². The van der Waals surface area contributed by atoms with Gasteiger partial charge in [0.15, 0.2) is 5.69 Å². The molecule has 1 aromatic rings. The van der Waals surface area contributed by atoms with Crippen LogP contribution in [0.25, 0.3) is 0 Å². The Hall–Kier alpha value is -1.32. The van der Waals surface area contributed by atoms with Crippen molar-refractivity contribution < 1.29 is 9.32 Å². The Labute approximate surface area is 107 Å². The first kappa shape index (κ1) is 11.8. The molecule has 0 N–H and O–H groups in total. The molecule has 0 spiro atoms. The van der Waals surface area contributed by atoms with Crippen LogP contribution in [0.5, 0.6) is 0 Å². The van der Waals surface area contributed by atoms with Gasteiger partial charge in [-0.1, -0.05) is 24.4 Å². The summed E-state index contributed by atoms with van der Waals surface area (Å²) in [7, 11) is 0. The first-order valence-corrected chi connectivity index (χ1v) is 6.96. The summed E-state index contributed by atoms with van der Waals surface area (Å²) in [5.41, 5.74) is 0.460.